The van der Waals surface area contributed by atoms with Crippen molar-refractivity contribution in [3.8, 4) is 0 Å². The molecule has 2 heteroatoms. The van der Waals surface area contributed by atoms with Crippen molar-refractivity contribution in [2.75, 3.05) is 0 Å². The Labute approximate surface area is 83.9 Å². The molecule has 1 N–H and O–H groups in total. The highest BCUT2D eigenvalue weighted by molar-refractivity contribution is 5.73. The third-order valence-electron chi connectivity index (χ3n) is 2.08. The van der Waals surface area contributed by atoms with Crippen LogP contribution in [-0.2, 0) is 4.79 Å². The minimum atomic E-state index is -0.764. The average Bonchev–Trinajstić information content (AvgIpc) is 2.20. The Balaban J connectivity index is 2.67. The zero-order valence-electron chi connectivity index (χ0n) is 8.18. The van der Waals surface area contributed by atoms with Crippen LogP contribution >= 0.6 is 0 Å². The van der Waals surface area contributed by atoms with E-state index in [-0.39, 0.29) is 5.92 Å². The molecule has 0 heterocycles. The monoisotopic (exact) mass is 190 g/mol. The number of hydrogen-bond acceptors (Lipinski definition) is 1. The topological polar surface area (TPSA) is 37.3 Å². The summed E-state index contributed by atoms with van der Waals surface area (Å²) in [6, 6.07) is 9.70. The van der Waals surface area contributed by atoms with E-state index in [1.807, 2.05) is 43.3 Å². The summed E-state index contributed by atoms with van der Waals surface area (Å²) in [4.78, 5) is 10.7. The maximum Gasteiger partial charge on any atom is 0.310 e. The van der Waals surface area contributed by atoms with Crippen LogP contribution in [-0.4, -0.2) is 11.1 Å². The number of carbonyl (C=O) groups is 1. The highest BCUT2D eigenvalue weighted by Gasteiger charge is 2.09. The van der Waals surface area contributed by atoms with E-state index in [1.54, 1.807) is 6.08 Å². The number of aliphatic carboxylic acids is 1. The van der Waals surface area contributed by atoms with Gasteiger partial charge in [0.25, 0.3) is 0 Å². The summed E-state index contributed by atoms with van der Waals surface area (Å²) < 4.78 is 0. The molecule has 0 spiro atoms. The van der Waals surface area contributed by atoms with Crippen molar-refractivity contribution >= 4 is 12.0 Å². The molecule has 0 radical (unpaired) electrons. The summed E-state index contributed by atoms with van der Waals surface area (Å²) in [6.45, 7) is 1.87. The van der Waals surface area contributed by atoms with Gasteiger partial charge < -0.3 is 5.11 Å². The zero-order valence-corrected chi connectivity index (χ0v) is 8.18. The van der Waals surface area contributed by atoms with E-state index >= 15 is 0 Å². The zero-order chi connectivity index (χ0) is 10.4. The van der Waals surface area contributed by atoms with Gasteiger partial charge in [0.15, 0.2) is 0 Å². The van der Waals surface area contributed by atoms with Gasteiger partial charge >= 0.3 is 5.97 Å². The van der Waals surface area contributed by atoms with Crippen LogP contribution in [0.3, 0.4) is 0 Å². The molecule has 0 aromatic heterocycles. The number of hydrogen-bond donors (Lipinski definition) is 1. The first-order valence-corrected chi connectivity index (χ1v) is 4.70. The van der Waals surface area contributed by atoms with Crippen LogP contribution in [0.15, 0.2) is 36.4 Å². The summed E-state index contributed by atoms with van der Waals surface area (Å²) >= 11 is 0. The minimum Gasteiger partial charge on any atom is -0.481 e. The minimum absolute atomic E-state index is 0.379. The second kappa shape index (κ2) is 5.22. The SMILES string of the molecule is CCC(/C=C/c1ccccc1)C(=O)O. The third-order valence-corrected chi connectivity index (χ3v) is 2.08. The van der Waals surface area contributed by atoms with Crippen molar-refractivity contribution < 1.29 is 9.90 Å². The van der Waals surface area contributed by atoms with Crippen molar-refractivity contribution in [2.24, 2.45) is 5.92 Å². The van der Waals surface area contributed by atoms with Crippen molar-refractivity contribution in [1.29, 1.82) is 0 Å². The lowest BCUT2D eigenvalue weighted by molar-refractivity contribution is -0.140. The summed E-state index contributed by atoms with van der Waals surface area (Å²) in [5.74, 6) is -1.14. The molecule has 0 fully saturated rings. The Kier molecular flexibility index (Phi) is 3.92. The lowest BCUT2D eigenvalue weighted by atomic mass is 10.1. The second-order valence-electron chi connectivity index (χ2n) is 3.12. The summed E-state index contributed by atoms with van der Waals surface area (Å²) in [5.41, 5.74) is 1.03. The maximum atomic E-state index is 10.7. The second-order valence-corrected chi connectivity index (χ2v) is 3.12. The first kappa shape index (κ1) is 10.5. The van der Waals surface area contributed by atoms with Crippen molar-refractivity contribution in [1.82, 2.24) is 0 Å². The molecule has 1 atom stereocenters. The average molecular weight is 190 g/mol. The number of carboxylic acid groups (broad SMARTS) is 1. The van der Waals surface area contributed by atoms with Gasteiger partial charge in [-0.3, -0.25) is 4.79 Å². The third kappa shape index (κ3) is 3.05. The van der Waals surface area contributed by atoms with Gasteiger partial charge in [-0.2, -0.15) is 0 Å². The standard InChI is InChI=1S/C12H14O2/c1-2-11(12(13)14)9-8-10-6-4-3-5-7-10/h3-9,11H,2H2,1H3,(H,13,14)/b9-8+. The van der Waals surface area contributed by atoms with E-state index in [2.05, 4.69) is 0 Å². The van der Waals surface area contributed by atoms with E-state index in [0.717, 1.165) is 5.56 Å². The molecule has 0 aliphatic rings. The molecular formula is C12H14O2. The molecule has 14 heavy (non-hydrogen) atoms. The van der Waals surface area contributed by atoms with E-state index in [9.17, 15) is 4.79 Å². The molecule has 0 saturated carbocycles. The molecule has 2 nitrogen and oxygen atoms in total. The summed E-state index contributed by atoms with van der Waals surface area (Å²) in [7, 11) is 0. The molecule has 0 amide bonds. The first-order valence-electron chi connectivity index (χ1n) is 4.70. The molecule has 1 unspecified atom stereocenters. The van der Waals surface area contributed by atoms with Gasteiger partial charge in [0, 0.05) is 0 Å². The van der Waals surface area contributed by atoms with Crippen LogP contribution in [0.5, 0.6) is 0 Å². The van der Waals surface area contributed by atoms with Gasteiger partial charge in [0.2, 0.25) is 0 Å². The Morgan fingerprint density at radius 2 is 2.07 bits per heavy atom. The van der Waals surface area contributed by atoms with Crippen LogP contribution in [0.1, 0.15) is 18.9 Å². The van der Waals surface area contributed by atoms with Gasteiger partial charge in [-0.25, -0.2) is 0 Å². The smallest absolute Gasteiger partial charge is 0.310 e. The first-order chi connectivity index (χ1) is 6.74. The van der Waals surface area contributed by atoms with Gasteiger partial charge in [-0.1, -0.05) is 49.4 Å². The fourth-order valence-corrected chi connectivity index (χ4v) is 1.18. The predicted molar refractivity (Wildman–Crippen MR) is 56.9 cm³/mol. The van der Waals surface area contributed by atoms with Gasteiger partial charge in [0.1, 0.15) is 0 Å². The van der Waals surface area contributed by atoms with E-state index in [4.69, 9.17) is 5.11 Å². The Bertz CT molecular complexity index is 314. The predicted octanol–water partition coefficient (Wildman–Crippen LogP) is 2.81. The molecule has 1 aromatic rings. The molecule has 74 valence electrons. The van der Waals surface area contributed by atoms with Crippen LogP contribution in [0, 0.1) is 5.92 Å². The summed E-state index contributed by atoms with van der Waals surface area (Å²) in [5, 5.41) is 8.80. The van der Waals surface area contributed by atoms with E-state index in [1.165, 1.54) is 0 Å². The lowest BCUT2D eigenvalue weighted by Crippen LogP contribution is -2.08. The molecule has 0 saturated heterocycles. The summed E-state index contributed by atoms with van der Waals surface area (Å²) in [6.07, 6.45) is 4.21. The molecule has 0 bridgehead atoms. The van der Waals surface area contributed by atoms with Crippen molar-refractivity contribution in [3.63, 3.8) is 0 Å². The van der Waals surface area contributed by atoms with Crippen LogP contribution in [0.25, 0.3) is 6.08 Å². The fraction of sp³-hybridized carbons (Fsp3) is 0.250. The Hall–Kier alpha value is -1.57. The maximum absolute atomic E-state index is 10.7. The molecule has 0 aliphatic carbocycles. The van der Waals surface area contributed by atoms with E-state index in [0.29, 0.717) is 6.42 Å². The van der Waals surface area contributed by atoms with Crippen LogP contribution in [0.2, 0.25) is 0 Å². The van der Waals surface area contributed by atoms with Gasteiger partial charge in [0.05, 0.1) is 5.92 Å². The Morgan fingerprint density at radius 1 is 1.43 bits per heavy atom. The van der Waals surface area contributed by atoms with E-state index < -0.39 is 5.97 Å². The van der Waals surface area contributed by atoms with Crippen LogP contribution in [0.4, 0.5) is 0 Å². The molecule has 1 rings (SSSR count). The molecular weight excluding hydrogens is 176 g/mol. The quantitative estimate of drug-likeness (QED) is 0.792. The van der Waals surface area contributed by atoms with Gasteiger partial charge in [-0.15, -0.1) is 0 Å². The number of carboxylic acids is 1. The largest absolute Gasteiger partial charge is 0.481 e. The molecule has 0 aliphatic heterocycles. The van der Waals surface area contributed by atoms with Gasteiger partial charge in [-0.05, 0) is 12.0 Å². The van der Waals surface area contributed by atoms with Crippen LogP contribution < -0.4 is 0 Å². The highest BCUT2D eigenvalue weighted by Crippen LogP contribution is 2.08. The highest BCUT2D eigenvalue weighted by atomic mass is 16.4. The number of benzene rings is 1. The van der Waals surface area contributed by atoms with Crippen molar-refractivity contribution in [2.45, 2.75) is 13.3 Å². The lowest BCUT2D eigenvalue weighted by Gasteiger charge is -2.01. The molecule has 1 aromatic carbocycles. The normalized spacial score (nSPS) is 12.9. The number of rotatable bonds is 4. The Morgan fingerprint density at radius 3 is 2.57 bits per heavy atom. The van der Waals surface area contributed by atoms with Crippen molar-refractivity contribution in [3.05, 3.63) is 42.0 Å². The fourth-order valence-electron chi connectivity index (χ4n) is 1.18.